The molecule has 1 aliphatic rings. The van der Waals surface area contributed by atoms with Crippen molar-refractivity contribution in [3.05, 3.63) is 54.1 Å². The Labute approximate surface area is 170 Å². The molecule has 148 valence electrons. The maximum absolute atomic E-state index is 12.9. The zero-order chi connectivity index (χ0) is 19.9. The third-order valence-electron chi connectivity index (χ3n) is 4.65. The average Bonchev–Trinajstić information content (AvgIpc) is 2.88. The molecule has 2 aromatic rings. The fourth-order valence-corrected chi connectivity index (χ4v) is 4.24. The first-order chi connectivity index (χ1) is 13.6. The van der Waals surface area contributed by atoms with Gasteiger partial charge in [-0.3, -0.25) is 9.59 Å². The van der Waals surface area contributed by atoms with E-state index in [2.05, 4.69) is 23.6 Å². The third kappa shape index (κ3) is 5.07. The summed E-state index contributed by atoms with van der Waals surface area (Å²) in [4.78, 5) is 28.1. The molecule has 2 amide bonds. The van der Waals surface area contributed by atoms with Gasteiger partial charge in [0, 0.05) is 34.5 Å². The Kier molecular flexibility index (Phi) is 6.98. The lowest BCUT2D eigenvalue weighted by molar-refractivity contribution is -0.117. The van der Waals surface area contributed by atoms with Gasteiger partial charge in [0.1, 0.15) is 0 Å². The van der Waals surface area contributed by atoms with Gasteiger partial charge < -0.3 is 15.5 Å². The van der Waals surface area contributed by atoms with Crippen molar-refractivity contribution in [1.82, 2.24) is 5.32 Å². The maximum Gasteiger partial charge on any atom is 0.251 e. The molecule has 1 unspecified atom stereocenters. The van der Waals surface area contributed by atoms with Gasteiger partial charge in [0.05, 0.1) is 12.2 Å². The van der Waals surface area contributed by atoms with E-state index < -0.39 is 0 Å². The molecule has 28 heavy (non-hydrogen) atoms. The number of amides is 2. The summed E-state index contributed by atoms with van der Waals surface area (Å²) in [5.41, 5.74) is 2.34. The van der Waals surface area contributed by atoms with Crippen LogP contribution in [0, 0.1) is 0 Å². The molecule has 1 atom stereocenters. The van der Waals surface area contributed by atoms with E-state index in [0.717, 1.165) is 29.1 Å². The lowest BCUT2D eigenvalue weighted by atomic mass is 10.2. The molecular formula is C22H27N3O2S. The zero-order valence-corrected chi connectivity index (χ0v) is 17.2. The first-order valence-electron chi connectivity index (χ1n) is 9.76. The highest BCUT2D eigenvalue weighted by Crippen LogP contribution is 2.37. The molecule has 0 radical (unpaired) electrons. The van der Waals surface area contributed by atoms with E-state index in [0.29, 0.717) is 23.9 Å². The number of benzene rings is 2. The van der Waals surface area contributed by atoms with Crippen LogP contribution < -0.4 is 15.5 Å². The Morgan fingerprint density at radius 3 is 2.82 bits per heavy atom. The summed E-state index contributed by atoms with van der Waals surface area (Å²) < 4.78 is 0. The molecule has 1 aliphatic heterocycles. The summed E-state index contributed by atoms with van der Waals surface area (Å²) >= 11 is 1.82. The minimum absolute atomic E-state index is 0.0305. The quantitative estimate of drug-likeness (QED) is 0.768. The molecule has 0 fully saturated rings. The fourth-order valence-electron chi connectivity index (χ4n) is 3.13. The highest BCUT2D eigenvalue weighted by molar-refractivity contribution is 8.00. The van der Waals surface area contributed by atoms with Gasteiger partial charge in [0.15, 0.2) is 0 Å². The molecule has 0 bridgehead atoms. The van der Waals surface area contributed by atoms with Gasteiger partial charge >= 0.3 is 0 Å². The summed E-state index contributed by atoms with van der Waals surface area (Å²) in [5.74, 6) is -0.0627. The summed E-state index contributed by atoms with van der Waals surface area (Å²) in [6.45, 7) is 5.77. The van der Waals surface area contributed by atoms with E-state index >= 15 is 0 Å². The summed E-state index contributed by atoms with van der Waals surface area (Å²) in [6, 6.07) is 15.3. The second kappa shape index (κ2) is 9.64. The van der Waals surface area contributed by atoms with Gasteiger partial charge in [0.25, 0.3) is 5.91 Å². The first kappa shape index (κ1) is 20.3. The number of hydrogen-bond acceptors (Lipinski definition) is 4. The maximum atomic E-state index is 12.9. The van der Waals surface area contributed by atoms with Gasteiger partial charge in [-0.2, -0.15) is 0 Å². The predicted molar refractivity (Wildman–Crippen MR) is 116 cm³/mol. The second-order valence-corrected chi connectivity index (χ2v) is 8.40. The molecule has 5 nitrogen and oxygen atoms in total. The normalized spacial score (nSPS) is 16.1. The second-order valence-electron chi connectivity index (χ2n) is 6.92. The number of thioether (sulfide) groups is 1. The van der Waals surface area contributed by atoms with Gasteiger partial charge in [-0.15, -0.1) is 11.8 Å². The van der Waals surface area contributed by atoms with Crippen molar-refractivity contribution in [2.45, 2.75) is 36.8 Å². The van der Waals surface area contributed by atoms with Crippen LogP contribution in [0.2, 0.25) is 0 Å². The van der Waals surface area contributed by atoms with Crippen molar-refractivity contribution in [2.75, 3.05) is 29.9 Å². The lowest BCUT2D eigenvalue weighted by Gasteiger charge is -2.23. The van der Waals surface area contributed by atoms with Crippen molar-refractivity contribution >= 4 is 35.0 Å². The Bertz CT molecular complexity index is 840. The van der Waals surface area contributed by atoms with Gasteiger partial charge in [-0.25, -0.2) is 0 Å². The number of hydrogen-bond donors (Lipinski definition) is 2. The third-order valence-corrected chi connectivity index (χ3v) is 5.89. The number of nitrogens with zero attached hydrogens (tertiary/aromatic N) is 1. The summed E-state index contributed by atoms with van der Waals surface area (Å²) in [6.07, 6.45) is 1.85. The molecular weight excluding hydrogens is 370 g/mol. The Morgan fingerprint density at radius 2 is 2.00 bits per heavy atom. The van der Waals surface area contributed by atoms with Crippen LogP contribution in [0.4, 0.5) is 11.4 Å². The minimum atomic E-state index is -0.0933. The van der Waals surface area contributed by atoms with E-state index in [9.17, 15) is 9.59 Å². The molecule has 2 aromatic carbocycles. The van der Waals surface area contributed by atoms with Crippen LogP contribution in [0.25, 0.3) is 0 Å². The van der Waals surface area contributed by atoms with Gasteiger partial charge in [-0.1, -0.05) is 32.0 Å². The van der Waals surface area contributed by atoms with Crippen LogP contribution in [-0.4, -0.2) is 36.7 Å². The van der Waals surface area contributed by atoms with Crippen molar-refractivity contribution in [3.63, 3.8) is 0 Å². The van der Waals surface area contributed by atoms with Gasteiger partial charge in [-0.05, 0) is 43.2 Å². The van der Waals surface area contributed by atoms with Crippen molar-refractivity contribution < 1.29 is 9.59 Å². The van der Waals surface area contributed by atoms with E-state index in [-0.39, 0.29) is 18.4 Å². The number of carbonyl (C=O) groups is 2. The highest BCUT2D eigenvalue weighted by atomic mass is 32.2. The molecule has 2 N–H and O–H groups in total. The molecule has 0 spiro atoms. The van der Waals surface area contributed by atoms with E-state index in [4.69, 9.17) is 0 Å². The smallest absolute Gasteiger partial charge is 0.251 e. The number of para-hydroxylation sites is 1. The number of fused-ring (bicyclic) bond motifs is 1. The van der Waals surface area contributed by atoms with E-state index in [1.54, 1.807) is 12.1 Å². The average molecular weight is 398 g/mol. The summed E-state index contributed by atoms with van der Waals surface area (Å²) in [5, 5.41) is 6.52. The number of nitrogens with one attached hydrogen (secondary N) is 2. The van der Waals surface area contributed by atoms with Crippen molar-refractivity contribution in [3.8, 4) is 0 Å². The minimum Gasteiger partial charge on any atom is -0.376 e. The summed E-state index contributed by atoms with van der Waals surface area (Å²) in [7, 11) is 0. The molecule has 0 aromatic heterocycles. The molecule has 0 aliphatic carbocycles. The highest BCUT2D eigenvalue weighted by Gasteiger charge is 2.23. The number of rotatable bonds is 6. The van der Waals surface area contributed by atoms with Crippen LogP contribution in [0.1, 0.15) is 37.0 Å². The zero-order valence-electron chi connectivity index (χ0n) is 16.4. The van der Waals surface area contributed by atoms with Crippen LogP contribution in [0.3, 0.4) is 0 Å². The predicted octanol–water partition coefficient (Wildman–Crippen LogP) is 4.16. The first-order valence-corrected chi connectivity index (χ1v) is 10.6. The van der Waals surface area contributed by atoms with Crippen molar-refractivity contribution in [1.29, 1.82) is 0 Å². The van der Waals surface area contributed by atoms with Crippen LogP contribution >= 0.6 is 11.8 Å². The fraction of sp³-hybridized carbons (Fsp3) is 0.364. The molecule has 0 saturated heterocycles. The standard InChI is InChI=1S/C22H27N3O2S/c1-3-12-23-22(27)17-7-6-8-18(14-17)24-15-21(26)25-13-11-16(2)28-20-10-5-4-9-19(20)25/h4-10,14,16,24H,3,11-13,15H2,1-2H3,(H,23,27). The monoisotopic (exact) mass is 397 g/mol. The molecule has 6 heteroatoms. The van der Waals surface area contributed by atoms with Crippen molar-refractivity contribution in [2.24, 2.45) is 0 Å². The number of carbonyl (C=O) groups excluding carboxylic acids is 2. The van der Waals surface area contributed by atoms with E-state index in [1.165, 1.54) is 0 Å². The van der Waals surface area contributed by atoms with Crippen LogP contribution in [-0.2, 0) is 4.79 Å². The lowest BCUT2D eigenvalue weighted by Crippen LogP contribution is -2.36. The Hall–Kier alpha value is -2.47. The number of anilines is 2. The van der Waals surface area contributed by atoms with Crippen LogP contribution in [0.15, 0.2) is 53.4 Å². The Morgan fingerprint density at radius 1 is 1.18 bits per heavy atom. The Balaban J connectivity index is 1.67. The van der Waals surface area contributed by atoms with Gasteiger partial charge in [0.2, 0.25) is 5.91 Å². The molecule has 1 heterocycles. The molecule has 0 saturated carbocycles. The SMILES string of the molecule is CCCNC(=O)c1cccc(NCC(=O)N2CCC(C)Sc3ccccc32)c1. The van der Waals surface area contributed by atoms with Crippen LogP contribution in [0.5, 0.6) is 0 Å². The topological polar surface area (TPSA) is 61.4 Å². The molecule has 3 rings (SSSR count). The van der Waals surface area contributed by atoms with E-state index in [1.807, 2.05) is 53.9 Å². The largest absolute Gasteiger partial charge is 0.376 e.